The van der Waals surface area contributed by atoms with Crippen LogP contribution in [0.4, 0.5) is 0 Å². The molecule has 3 N–H and O–H groups in total. The second kappa shape index (κ2) is 5.25. The second-order valence-electron chi connectivity index (χ2n) is 4.81. The highest BCUT2D eigenvalue weighted by atomic mass is 32.1. The first-order chi connectivity index (χ1) is 7.80. The van der Waals surface area contributed by atoms with Gasteiger partial charge in [0.25, 0.3) is 0 Å². The first-order valence-electron chi connectivity index (χ1n) is 6.14. The van der Waals surface area contributed by atoms with Crippen LogP contribution in [-0.2, 0) is 6.42 Å². The number of hydrogen-bond donors (Lipinski definition) is 2. The van der Waals surface area contributed by atoms with Crippen molar-refractivity contribution in [3.05, 3.63) is 16.6 Å². The zero-order valence-electron chi connectivity index (χ0n) is 9.91. The SMILES string of the molecule is CCC1(C(Cc2cncs2)NN)CCCC1. The third kappa shape index (κ3) is 2.29. The summed E-state index contributed by atoms with van der Waals surface area (Å²) in [4.78, 5) is 5.47. The van der Waals surface area contributed by atoms with Crippen molar-refractivity contribution in [1.29, 1.82) is 0 Å². The number of rotatable bonds is 5. The molecule has 0 aliphatic heterocycles. The van der Waals surface area contributed by atoms with Gasteiger partial charge in [-0.3, -0.25) is 16.3 Å². The van der Waals surface area contributed by atoms with E-state index >= 15 is 0 Å². The van der Waals surface area contributed by atoms with Crippen molar-refractivity contribution >= 4 is 11.3 Å². The molecule has 1 aliphatic rings. The van der Waals surface area contributed by atoms with E-state index in [9.17, 15) is 0 Å². The van der Waals surface area contributed by atoms with Crippen LogP contribution in [0.5, 0.6) is 0 Å². The Morgan fingerprint density at radius 1 is 1.56 bits per heavy atom. The van der Waals surface area contributed by atoms with Crippen molar-refractivity contribution < 1.29 is 0 Å². The molecule has 1 fully saturated rings. The fraction of sp³-hybridized carbons (Fsp3) is 0.750. The van der Waals surface area contributed by atoms with Crippen LogP contribution in [0.1, 0.15) is 43.9 Å². The zero-order valence-corrected chi connectivity index (χ0v) is 10.7. The molecular weight excluding hydrogens is 218 g/mol. The Kier molecular flexibility index (Phi) is 3.95. The van der Waals surface area contributed by atoms with Gasteiger partial charge in [0.05, 0.1) is 5.51 Å². The second-order valence-corrected chi connectivity index (χ2v) is 5.79. The standard InChI is InChI=1S/C12H21N3S/c1-2-12(5-3-4-6-12)11(15-13)7-10-8-14-9-16-10/h8-9,11,15H,2-7,13H2,1H3. The minimum atomic E-state index is 0.403. The van der Waals surface area contributed by atoms with E-state index in [-0.39, 0.29) is 0 Å². The predicted molar refractivity (Wildman–Crippen MR) is 68.1 cm³/mol. The smallest absolute Gasteiger partial charge is 0.0794 e. The molecule has 1 aromatic rings. The summed E-state index contributed by atoms with van der Waals surface area (Å²) < 4.78 is 0. The fourth-order valence-electron chi connectivity index (χ4n) is 3.02. The summed E-state index contributed by atoms with van der Waals surface area (Å²) in [6, 6.07) is 0.403. The van der Waals surface area contributed by atoms with Gasteiger partial charge in [0.15, 0.2) is 0 Å². The van der Waals surface area contributed by atoms with Crippen molar-refractivity contribution in [1.82, 2.24) is 10.4 Å². The highest BCUT2D eigenvalue weighted by Crippen LogP contribution is 2.44. The van der Waals surface area contributed by atoms with E-state index < -0.39 is 0 Å². The summed E-state index contributed by atoms with van der Waals surface area (Å²) >= 11 is 1.73. The van der Waals surface area contributed by atoms with E-state index in [1.165, 1.54) is 37.0 Å². The topological polar surface area (TPSA) is 50.9 Å². The Bertz CT molecular complexity index is 304. The predicted octanol–water partition coefficient (Wildman–Crippen LogP) is 2.49. The summed E-state index contributed by atoms with van der Waals surface area (Å²) in [7, 11) is 0. The minimum Gasteiger partial charge on any atom is -0.271 e. The molecule has 0 radical (unpaired) electrons. The van der Waals surface area contributed by atoms with E-state index in [0.29, 0.717) is 11.5 Å². The molecule has 90 valence electrons. The fourth-order valence-corrected chi connectivity index (χ4v) is 3.67. The Hall–Kier alpha value is -0.450. The van der Waals surface area contributed by atoms with E-state index in [1.807, 2.05) is 11.7 Å². The molecule has 0 bridgehead atoms. The number of aromatic nitrogens is 1. The summed E-state index contributed by atoms with van der Waals surface area (Å²) in [6.07, 6.45) is 9.56. The third-order valence-electron chi connectivity index (χ3n) is 4.13. The van der Waals surface area contributed by atoms with Crippen LogP contribution in [0.15, 0.2) is 11.7 Å². The molecule has 1 aromatic heterocycles. The van der Waals surface area contributed by atoms with Crippen LogP contribution >= 0.6 is 11.3 Å². The van der Waals surface area contributed by atoms with Gasteiger partial charge in [-0.05, 0) is 24.7 Å². The molecule has 0 aromatic carbocycles. The van der Waals surface area contributed by atoms with Gasteiger partial charge in [0, 0.05) is 23.5 Å². The van der Waals surface area contributed by atoms with Crippen LogP contribution in [0.3, 0.4) is 0 Å². The van der Waals surface area contributed by atoms with Gasteiger partial charge in [-0.1, -0.05) is 19.8 Å². The zero-order chi connectivity index (χ0) is 11.4. The molecule has 1 saturated carbocycles. The Balaban J connectivity index is 2.08. The third-order valence-corrected chi connectivity index (χ3v) is 4.93. The summed E-state index contributed by atoms with van der Waals surface area (Å²) in [5, 5.41) is 0. The number of nitrogens with two attached hydrogens (primary N) is 1. The highest BCUT2D eigenvalue weighted by Gasteiger charge is 2.39. The van der Waals surface area contributed by atoms with E-state index in [2.05, 4.69) is 17.3 Å². The van der Waals surface area contributed by atoms with E-state index in [1.54, 1.807) is 11.3 Å². The van der Waals surface area contributed by atoms with Crippen LogP contribution < -0.4 is 11.3 Å². The molecule has 16 heavy (non-hydrogen) atoms. The average molecular weight is 239 g/mol. The van der Waals surface area contributed by atoms with Gasteiger partial charge in [0.1, 0.15) is 0 Å². The molecule has 0 saturated heterocycles. The Labute approximate surface area is 101 Å². The van der Waals surface area contributed by atoms with Gasteiger partial charge in [-0.25, -0.2) is 0 Å². The molecule has 2 rings (SSSR count). The number of hydrogen-bond acceptors (Lipinski definition) is 4. The molecule has 1 unspecified atom stereocenters. The maximum absolute atomic E-state index is 5.76. The number of nitrogens with one attached hydrogen (secondary N) is 1. The first-order valence-corrected chi connectivity index (χ1v) is 7.02. The average Bonchev–Trinajstić information content (AvgIpc) is 2.97. The maximum Gasteiger partial charge on any atom is 0.0794 e. The lowest BCUT2D eigenvalue weighted by Gasteiger charge is -2.36. The summed E-state index contributed by atoms with van der Waals surface area (Å²) in [5.74, 6) is 5.76. The van der Waals surface area contributed by atoms with Crippen LogP contribution in [0.25, 0.3) is 0 Å². The quantitative estimate of drug-likeness (QED) is 0.613. The number of hydrazine groups is 1. The van der Waals surface area contributed by atoms with Crippen molar-refractivity contribution in [3.8, 4) is 0 Å². The van der Waals surface area contributed by atoms with Crippen molar-refractivity contribution in [2.45, 2.75) is 51.5 Å². The van der Waals surface area contributed by atoms with Crippen molar-refractivity contribution in [2.24, 2.45) is 11.3 Å². The van der Waals surface area contributed by atoms with Gasteiger partial charge in [-0.2, -0.15) is 0 Å². The molecule has 0 spiro atoms. The van der Waals surface area contributed by atoms with Gasteiger partial charge < -0.3 is 0 Å². The molecule has 1 atom stereocenters. The minimum absolute atomic E-state index is 0.403. The molecule has 0 amide bonds. The maximum atomic E-state index is 5.76. The number of thiazole rings is 1. The summed E-state index contributed by atoms with van der Waals surface area (Å²) in [5.41, 5.74) is 5.37. The molecule has 3 nitrogen and oxygen atoms in total. The van der Waals surface area contributed by atoms with Gasteiger partial charge in [0.2, 0.25) is 0 Å². The molecule has 1 aliphatic carbocycles. The lowest BCUT2D eigenvalue weighted by molar-refractivity contribution is 0.186. The normalized spacial score (nSPS) is 21.1. The van der Waals surface area contributed by atoms with Gasteiger partial charge in [-0.15, -0.1) is 11.3 Å². The van der Waals surface area contributed by atoms with Crippen LogP contribution in [-0.4, -0.2) is 11.0 Å². The first kappa shape index (κ1) is 12.0. The molecular formula is C12H21N3S. The number of nitrogens with zero attached hydrogens (tertiary/aromatic N) is 1. The van der Waals surface area contributed by atoms with Gasteiger partial charge >= 0.3 is 0 Å². The monoisotopic (exact) mass is 239 g/mol. The highest BCUT2D eigenvalue weighted by molar-refractivity contribution is 7.09. The Morgan fingerprint density at radius 3 is 2.81 bits per heavy atom. The van der Waals surface area contributed by atoms with Crippen molar-refractivity contribution in [2.75, 3.05) is 0 Å². The Morgan fingerprint density at radius 2 is 2.31 bits per heavy atom. The molecule has 1 heterocycles. The van der Waals surface area contributed by atoms with Crippen molar-refractivity contribution in [3.63, 3.8) is 0 Å². The lowest BCUT2D eigenvalue weighted by Crippen LogP contribution is -2.48. The van der Waals surface area contributed by atoms with E-state index in [0.717, 1.165) is 6.42 Å². The largest absolute Gasteiger partial charge is 0.271 e. The molecule has 4 heteroatoms. The lowest BCUT2D eigenvalue weighted by atomic mass is 9.75. The van der Waals surface area contributed by atoms with E-state index in [4.69, 9.17) is 5.84 Å². The van der Waals surface area contributed by atoms with Crippen LogP contribution in [0.2, 0.25) is 0 Å². The van der Waals surface area contributed by atoms with Crippen LogP contribution in [0, 0.1) is 5.41 Å². The summed E-state index contributed by atoms with van der Waals surface area (Å²) in [6.45, 7) is 2.29.